The number of ether oxygens (including phenoxy) is 2. The van der Waals surface area contributed by atoms with Gasteiger partial charge in [0, 0.05) is 5.39 Å². The van der Waals surface area contributed by atoms with Crippen LogP contribution in [0.3, 0.4) is 0 Å². The molecule has 4 rings (SSSR count). The summed E-state index contributed by atoms with van der Waals surface area (Å²) >= 11 is 0. The minimum Gasteiger partial charge on any atom is -0.493 e. The topological polar surface area (TPSA) is 81.8 Å². The van der Waals surface area contributed by atoms with E-state index in [9.17, 15) is 0 Å². The minimum absolute atomic E-state index is 0.506. The second-order valence-electron chi connectivity index (χ2n) is 5.71. The molecule has 0 radical (unpaired) electrons. The molecule has 0 bridgehead atoms. The van der Waals surface area contributed by atoms with E-state index in [1.54, 1.807) is 13.3 Å². The van der Waals surface area contributed by atoms with Gasteiger partial charge in [0.05, 0.1) is 19.9 Å². The molecule has 2 heterocycles. The number of hydrogen-bond acceptors (Lipinski definition) is 7. The molecule has 0 saturated carbocycles. The van der Waals surface area contributed by atoms with Crippen molar-refractivity contribution in [3.05, 3.63) is 54.4 Å². The predicted octanol–water partition coefficient (Wildman–Crippen LogP) is 4.23. The van der Waals surface area contributed by atoms with Gasteiger partial charge >= 0.3 is 0 Å². The lowest BCUT2D eigenvalue weighted by molar-refractivity contribution is 0.311. The SMILES string of the molecule is CCOc1cc(/C=N\Nc2ncnc3c2oc2ccccc23)ccc1OC. The van der Waals surface area contributed by atoms with Crippen molar-refractivity contribution in [1.29, 1.82) is 0 Å². The van der Waals surface area contributed by atoms with E-state index in [-0.39, 0.29) is 0 Å². The molecule has 0 saturated heterocycles. The Morgan fingerprint density at radius 2 is 2.04 bits per heavy atom. The summed E-state index contributed by atoms with van der Waals surface area (Å²) in [6.45, 7) is 2.48. The zero-order valence-corrected chi connectivity index (χ0v) is 15.0. The van der Waals surface area contributed by atoms with Crippen molar-refractivity contribution in [2.75, 3.05) is 19.1 Å². The highest BCUT2D eigenvalue weighted by atomic mass is 16.5. The normalized spacial score (nSPS) is 11.3. The molecular weight excluding hydrogens is 344 g/mol. The van der Waals surface area contributed by atoms with Crippen molar-refractivity contribution < 1.29 is 13.9 Å². The summed E-state index contributed by atoms with van der Waals surface area (Å²) in [5, 5.41) is 5.21. The minimum atomic E-state index is 0.506. The van der Waals surface area contributed by atoms with Crippen LogP contribution in [0.4, 0.5) is 5.82 Å². The molecule has 0 spiro atoms. The third-order valence-corrected chi connectivity index (χ3v) is 4.03. The first kappa shape index (κ1) is 16.8. The van der Waals surface area contributed by atoms with Crippen molar-refractivity contribution in [1.82, 2.24) is 9.97 Å². The van der Waals surface area contributed by atoms with Crippen LogP contribution in [-0.2, 0) is 0 Å². The Balaban J connectivity index is 1.61. The quantitative estimate of drug-likeness (QED) is 0.408. The van der Waals surface area contributed by atoms with Crippen molar-refractivity contribution in [3.8, 4) is 11.5 Å². The smallest absolute Gasteiger partial charge is 0.197 e. The van der Waals surface area contributed by atoms with Gasteiger partial charge in [-0.1, -0.05) is 12.1 Å². The lowest BCUT2D eigenvalue weighted by Gasteiger charge is -2.09. The van der Waals surface area contributed by atoms with Crippen molar-refractivity contribution in [3.63, 3.8) is 0 Å². The molecule has 1 N–H and O–H groups in total. The molecule has 4 aromatic rings. The Hall–Kier alpha value is -3.61. The molecule has 7 heteroatoms. The van der Waals surface area contributed by atoms with E-state index in [0.717, 1.165) is 22.0 Å². The van der Waals surface area contributed by atoms with E-state index in [0.29, 0.717) is 29.5 Å². The number of hydrogen-bond donors (Lipinski definition) is 1. The van der Waals surface area contributed by atoms with Gasteiger partial charge in [-0.25, -0.2) is 9.97 Å². The summed E-state index contributed by atoms with van der Waals surface area (Å²) in [6, 6.07) is 13.3. The first-order valence-electron chi connectivity index (χ1n) is 8.52. The largest absolute Gasteiger partial charge is 0.493 e. The van der Waals surface area contributed by atoms with Crippen molar-refractivity contribution in [2.24, 2.45) is 5.10 Å². The summed E-state index contributed by atoms with van der Waals surface area (Å²) in [4.78, 5) is 8.55. The average Bonchev–Trinajstić information content (AvgIpc) is 3.08. The highest BCUT2D eigenvalue weighted by Crippen LogP contribution is 2.30. The first-order valence-corrected chi connectivity index (χ1v) is 8.52. The molecule has 2 aromatic carbocycles. The Morgan fingerprint density at radius 1 is 1.15 bits per heavy atom. The van der Waals surface area contributed by atoms with Gasteiger partial charge in [-0.3, -0.25) is 5.43 Å². The van der Waals surface area contributed by atoms with E-state index in [4.69, 9.17) is 13.9 Å². The maximum absolute atomic E-state index is 5.87. The lowest BCUT2D eigenvalue weighted by atomic mass is 10.2. The maximum Gasteiger partial charge on any atom is 0.197 e. The molecule has 0 amide bonds. The van der Waals surface area contributed by atoms with Crippen LogP contribution in [0.2, 0.25) is 0 Å². The standard InChI is InChI=1S/C20H18N4O3/c1-3-26-17-10-13(8-9-16(17)25-2)11-23-24-20-19-18(21-12-22-20)14-6-4-5-7-15(14)27-19/h4-12H,3H2,1-2H3,(H,21,22,24)/b23-11-. The van der Waals surface area contributed by atoms with E-state index in [1.165, 1.54) is 6.33 Å². The summed E-state index contributed by atoms with van der Waals surface area (Å²) in [5.41, 5.74) is 5.87. The van der Waals surface area contributed by atoms with Gasteiger partial charge in [0.1, 0.15) is 17.4 Å². The van der Waals surface area contributed by atoms with E-state index >= 15 is 0 Å². The Morgan fingerprint density at radius 3 is 2.89 bits per heavy atom. The fourth-order valence-corrected chi connectivity index (χ4v) is 2.81. The van der Waals surface area contributed by atoms with Crippen LogP contribution in [0, 0.1) is 0 Å². The van der Waals surface area contributed by atoms with E-state index in [1.807, 2.05) is 49.4 Å². The monoisotopic (exact) mass is 362 g/mol. The fraction of sp³-hybridized carbons (Fsp3) is 0.150. The van der Waals surface area contributed by atoms with Crippen molar-refractivity contribution >= 4 is 34.1 Å². The third-order valence-electron chi connectivity index (χ3n) is 4.03. The summed E-state index contributed by atoms with van der Waals surface area (Å²) in [5.74, 6) is 1.86. The van der Waals surface area contributed by atoms with Gasteiger partial charge in [0.2, 0.25) is 0 Å². The first-order chi connectivity index (χ1) is 13.3. The Bertz CT molecular complexity index is 1120. The highest BCUT2D eigenvalue weighted by Gasteiger charge is 2.12. The van der Waals surface area contributed by atoms with Gasteiger partial charge < -0.3 is 13.9 Å². The average molecular weight is 362 g/mol. The second kappa shape index (κ2) is 7.33. The zero-order chi connectivity index (χ0) is 18.6. The summed E-state index contributed by atoms with van der Waals surface area (Å²) in [7, 11) is 1.61. The maximum atomic E-state index is 5.87. The molecule has 136 valence electrons. The molecule has 27 heavy (non-hydrogen) atoms. The highest BCUT2D eigenvalue weighted by molar-refractivity contribution is 6.05. The predicted molar refractivity (Wildman–Crippen MR) is 105 cm³/mol. The summed E-state index contributed by atoms with van der Waals surface area (Å²) in [6.07, 6.45) is 3.17. The number of nitrogens with zero attached hydrogens (tertiary/aromatic N) is 3. The molecule has 2 aromatic heterocycles. The number of benzene rings is 2. The Labute approximate surface area is 155 Å². The van der Waals surface area contributed by atoms with Crippen LogP contribution in [0.25, 0.3) is 22.1 Å². The van der Waals surface area contributed by atoms with Crippen LogP contribution in [0.15, 0.2) is 58.3 Å². The van der Waals surface area contributed by atoms with Gasteiger partial charge in [-0.2, -0.15) is 5.10 Å². The molecule has 0 fully saturated rings. The number of hydrazone groups is 1. The van der Waals surface area contributed by atoms with Gasteiger partial charge in [-0.15, -0.1) is 0 Å². The fourth-order valence-electron chi connectivity index (χ4n) is 2.81. The number of nitrogens with one attached hydrogen (secondary N) is 1. The van der Waals surface area contributed by atoms with Crippen LogP contribution >= 0.6 is 0 Å². The van der Waals surface area contributed by atoms with E-state index < -0.39 is 0 Å². The van der Waals surface area contributed by atoms with Gasteiger partial charge in [-0.05, 0) is 42.8 Å². The Kier molecular flexibility index (Phi) is 4.57. The number of para-hydroxylation sites is 1. The number of furan rings is 1. The number of aromatic nitrogens is 2. The molecule has 0 atom stereocenters. The zero-order valence-electron chi connectivity index (χ0n) is 15.0. The molecule has 0 aliphatic carbocycles. The van der Waals surface area contributed by atoms with E-state index in [2.05, 4.69) is 20.5 Å². The molecule has 0 unspecified atom stereocenters. The molecular formula is C20H18N4O3. The van der Waals surface area contributed by atoms with Gasteiger partial charge in [0.15, 0.2) is 22.9 Å². The van der Waals surface area contributed by atoms with Crippen molar-refractivity contribution in [2.45, 2.75) is 6.92 Å². The summed E-state index contributed by atoms with van der Waals surface area (Å²) < 4.78 is 16.7. The van der Waals surface area contributed by atoms with Crippen LogP contribution in [0.5, 0.6) is 11.5 Å². The van der Waals surface area contributed by atoms with Crippen LogP contribution in [-0.4, -0.2) is 29.9 Å². The number of fused-ring (bicyclic) bond motifs is 3. The van der Waals surface area contributed by atoms with Crippen LogP contribution in [0.1, 0.15) is 12.5 Å². The molecule has 0 aliphatic rings. The third kappa shape index (κ3) is 3.27. The number of methoxy groups -OCH3 is 1. The molecule has 0 aliphatic heterocycles. The second-order valence-corrected chi connectivity index (χ2v) is 5.71. The molecule has 7 nitrogen and oxygen atoms in total. The van der Waals surface area contributed by atoms with Crippen LogP contribution < -0.4 is 14.9 Å². The lowest BCUT2D eigenvalue weighted by Crippen LogP contribution is -1.98. The number of anilines is 1. The number of rotatable bonds is 6. The van der Waals surface area contributed by atoms with Gasteiger partial charge in [0.25, 0.3) is 0 Å².